The van der Waals surface area contributed by atoms with Gasteiger partial charge in [-0.3, -0.25) is 9.59 Å². The molecule has 1 aliphatic heterocycles. The fourth-order valence-corrected chi connectivity index (χ4v) is 15.4. The van der Waals surface area contributed by atoms with Crippen LogP contribution in [0.2, 0.25) is 0 Å². The van der Waals surface area contributed by atoms with Crippen LogP contribution in [0, 0.1) is 87.8 Å². The average molecular weight is 814 g/mol. The van der Waals surface area contributed by atoms with Crippen molar-refractivity contribution < 1.29 is 45.0 Å². The van der Waals surface area contributed by atoms with Crippen LogP contribution in [0.15, 0.2) is 41.8 Å². The molecule has 2 heterocycles. The first-order valence-electron chi connectivity index (χ1n) is 22.8. The average Bonchev–Trinajstić information content (AvgIpc) is 3.91. The van der Waals surface area contributed by atoms with Crippen LogP contribution in [-0.2, 0) is 14.3 Å². The summed E-state index contributed by atoms with van der Waals surface area (Å²) < 4.78 is 5.83. The normalized spacial score (nSPS) is 50.9. The molecule has 0 bridgehead atoms. The topological polar surface area (TPSA) is 181 Å². The van der Waals surface area contributed by atoms with Crippen molar-refractivity contribution in [2.24, 2.45) is 75.9 Å². The highest BCUT2D eigenvalue weighted by Crippen LogP contribution is 2.70. The summed E-state index contributed by atoms with van der Waals surface area (Å²) in [6.07, 6.45) is 11.7. The summed E-state index contributed by atoms with van der Waals surface area (Å²) in [5.74, 6) is 5.23. The molecular weight excluding hydrogens is 747 g/mol. The number of fused-ring (bicyclic) bond motifs is 10. The van der Waals surface area contributed by atoms with Gasteiger partial charge in [-0.2, -0.15) is 0 Å². The summed E-state index contributed by atoms with van der Waals surface area (Å²) in [4.78, 5) is 30.6. The third-order valence-electron chi connectivity index (χ3n) is 18.5. The van der Waals surface area contributed by atoms with Crippen molar-refractivity contribution in [1.82, 2.24) is 4.98 Å². The van der Waals surface area contributed by atoms with Gasteiger partial charge >= 0.3 is 5.97 Å². The van der Waals surface area contributed by atoms with Crippen molar-refractivity contribution in [1.29, 1.82) is 0 Å². The summed E-state index contributed by atoms with van der Waals surface area (Å²) in [6, 6.07) is 1.94. The first-order chi connectivity index (χ1) is 28.0. The summed E-state index contributed by atoms with van der Waals surface area (Å²) in [6.45, 7) is 8.21. The molecule has 7 aliphatic carbocycles. The molecule has 1 saturated heterocycles. The summed E-state index contributed by atoms with van der Waals surface area (Å²) in [7, 11) is 0. The molecule has 4 saturated carbocycles. The number of esters is 1. The van der Waals surface area contributed by atoms with E-state index >= 15 is 0 Å². The molecule has 8 aliphatic rings. The Hall–Kier alpha value is -2.78. The zero-order valence-electron chi connectivity index (χ0n) is 35.4. The second-order valence-corrected chi connectivity index (χ2v) is 21.5. The fraction of sp³-hybridized carbons (Fsp3) is 0.755. The lowest BCUT2D eigenvalue weighted by atomic mass is 9.45. The Morgan fingerprint density at radius 2 is 1.75 bits per heavy atom. The van der Waals surface area contributed by atoms with E-state index in [1.165, 1.54) is 5.57 Å². The molecule has 19 unspecified atom stereocenters. The van der Waals surface area contributed by atoms with Crippen molar-refractivity contribution in [2.75, 3.05) is 13.2 Å². The predicted molar refractivity (Wildman–Crippen MR) is 220 cm³/mol. The lowest BCUT2D eigenvalue weighted by molar-refractivity contribution is -0.183. The number of cyclic esters (lactones) is 1. The SMILES string of the molecule is CC1CCC2=CCC3C(CO)CC(O)C(C)(O)C4C(CC#CC(C5COC(=O)C5c5cc[nH]c5)CC3C2C1)CC1(O)C2=CC(=O)C3CC(O)C(O)CC3(C)C2CCC41C. The molecule has 0 aromatic carbocycles. The zero-order chi connectivity index (χ0) is 41.8. The number of rotatable bonds is 3. The third kappa shape index (κ3) is 6.41. The van der Waals surface area contributed by atoms with Crippen LogP contribution in [0.1, 0.15) is 116 Å². The lowest BCUT2D eigenvalue weighted by Gasteiger charge is -2.60. The number of ether oxygens (including phenoxy) is 1. The molecule has 0 spiro atoms. The number of ketones is 1. The number of aromatic amines is 1. The van der Waals surface area contributed by atoms with E-state index < -0.39 is 58.1 Å². The van der Waals surface area contributed by atoms with Gasteiger partial charge in [-0.15, -0.1) is 5.92 Å². The quantitative estimate of drug-likeness (QED) is 0.122. The first-order valence-corrected chi connectivity index (χ1v) is 22.8. The van der Waals surface area contributed by atoms with Crippen molar-refractivity contribution in [3.8, 4) is 11.8 Å². The molecular formula is C49H67NO9. The number of nitrogens with one attached hydrogen (secondary N) is 1. The monoisotopic (exact) mass is 813 g/mol. The van der Waals surface area contributed by atoms with Gasteiger partial charge in [0, 0.05) is 54.5 Å². The Morgan fingerprint density at radius 3 is 2.49 bits per heavy atom. The maximum atomic E-state index is 14.0. The molecule has 59 heavy (non-hydrogen) atoms. The van der Waals surface area contributed by atoms with Gasteiger partial charge in [-0.05, 0) is 148 Å². The predicted octanol–water partition coefficient (Wildman–Crippen LogP) is 5.22. The van der Waals surface area contributed by atoms with E-state index in [0.29, 0.717) is 36.7 Å². The third-order valence-corrected chi connectivity index (χ3v) is 18.5. The molecule has 0 amide bonds. The Labute approximate surface area is 349 Å². The van der Waals surface area contributed by atoms with E-state index in [2.05, 4.69) is 29.8 Å². The highest BCUT2D eigenvalue weighted by atomic mass is 16.5. The molecule has 7 N–H and O–H groups in total. The number of aromatic nitrogens is 1. The lowest BCUT2D eigenvalue weighted by Crippen LogP contribution is -2.63. The van der Waals surface area contributed by atoms with Crippen molar-refractivity contribution >= 4 is 11.8 Å². The maximum Gasteiger partial charge on any atom is 0.313 e. The van der Waals surface area contributed by atoms with Crippen LogP contribution in [0.3, 0.4) is 0 Å². The van der Waals surface area contributed by atoms with E-state index in [1.54, 1.807) is 13.0 Å². The minimum Gasteiger partial charge on any atom is -0.465 e. The van der Waals surface area contributed by atoms with Crippen LogP contribution >= 0.6 is 0 Å². The Bertz CT molecular complexity index is 1930. The number of aliphatic hydroxyl groups excluding tert-OH is 4. The molecule has 1 aromatic heterocycles. The van der Waals surface area contributed by atoms with Gasteiger partial charge < -0.3 is 40.4 Å². The number of hydrogen-bond donors (Lipinski definition) is 7. The van der Waals surface area contributed by atoms with Crippen LogP contribution in [0.4, 0.5) is 0 Å². The largest absolute Gasteiger partial charge is 0.465 e. The molecule has 19 atom stereocenters. The standard InChI is InChI=1S/C49H67NO9/c1-26-8-9-27-10-11-32-31(24-51)18-42(55)48(4,57)44-29(7-5-6-28(17-34(32)33(27)16-26)35-25-59-45(56)43(35)30-13-15-50-23-30)21-49(58)37-19-39(52)38-20-40(53)41(54)22-46(38,2)36(37)12-14-47(44,49)3/h10,13,15,19,23,26,28-29,31-36,38,40-44,50-51,53-55,57-58H,7-9,11-12,14,16-18,20-22,24-25H2,1-4H3. The Kier molecular flexibility index (Phi) is 10.5. The van der Waals surface area contributed by atoms with Gasteiger partial charge in [0.25, 0.3) is 0 Å². The molecule has 1 aromatic rings. The highest BCUT2D eigenvalue weighted by molar-refractivity contribution is 5.95. The summed E-state index contributed by atoms with van der Waals surface area (Å²) >= 11 is 0. The minimum absolute atomic E-state index is 0.0251. The number of hydrogen-bond acceptors (Lipinski definition) is 9. The van der Waals surface area contributed by atoms with E-state index in [-0.39, 0.29) is 92.1 Å². The smallest absolute Gasteiger partial charge is 0.313 e. The minimum atomic E-state index is -1.67. The number of aliphatic hydroxyl groups is 6. The first kappa shape index (κ1) is 41.6. The van der Waals surface area contributed by atoms with Crippen LogP contribution in [-0.4, -0.2) is 90.1 Å². The van der Waals surface area contributed by atoms with Gasteiger partial charge in [0.1, 0.15) is 0 Å². The zero-order valence-corrected chi connectivity index (χ0v) is 35.4. The summed E-state index contributed by atoms with van der Waals surface area (Å²) in [5.41, 5.74) is -1.73. The van der Waals surface area contributed by atoms with Crippen molar-refractivity contribution in [3.63, 3.8) is 0 Å². The molecule has 5 fully saturated rings. The van der Waals surface area contributed by atoms with Crippen molar-refractivity contribution in [3.05, 3.63) is 47.3 Å². The van der Waals surface area contributed by atoms with E-state index in [9.17, 15) is 40.2 Å². The fourth-order valence-electron chi connectivity index (χ4n) is 15.4. The van der Waals surface area contributed by atoms with Gasteiger partial charge in [0.05, 0.1) is 42.0 Å². The number of allylic oxidation sites excluding steroid dienone is 3. The number of carbonyl (C=O) groups excluding carboxylic acids is 2. The number of carbonyl (C=O) groups is 2. The van der Waals surface area contributed by atoms with Gasteiger partial charge in [0.2, 0.25) is 0 Å². The molecule has 10 heteroatoms. The van der Waals surface area contributed by atoms with E-state index in [0.717, 1.165) is 37.7 Å². The molecule has 10 nitrogen and oxygen atoms in total. The van der Waals surface area contributed by atoms with Gasteiger partial charge in [-0.25, -0.2) is 0 Å². The van der Waals surface area contributed by atoms with E-state index in [1.807, 2.05) is 32.3 Å². The van der Waals surface area contributed by atoms with Gasteiger partial charge in [0.15, 0.2) is 5.78 Å². The maximum absolute atomic E-state index is 14.0. The van der Waals surface area contributed by atoms with Crippen LogP contribution < -0.4 is 0 Å². The molecule has 0 radical (unpaired) electrons. The van der Waals surface area contributed by atoms with Gasteiger partial charge in [-0.1, -0.05) is 38.3 Å². The van der Waals surface area contributed by atoms with Crippen LogP contribution in [0.5, 0.6) is 0 Å². The summed E-state index contributed by atoms with van der Waals surface area (Å²) in [5, 5.41) is 71.5. The molecule has 9 rings (SSSR count). The molecule has 322 valence electrons. The number of H-pyrrole nitrogens is 1. The second kappa shape index (κ2) is 14.9. The Morgan fingerprint density at radius 1 is 0.949 bits per heavy atom. The van der Waals surface area contributed by atoms with Crippen LogP contribution in [0.25, 0.3) is 0 Å². The Balaban J connectivity index is 1.14. The highest BCUT2D eigenvalue weighted by Gasteiger charge is 2.71. The van der Waals surface area contributed by atoms with E-state index in [4.69, 9.17) is 4.74 Å². The second-order valence-electron chi connectivity index (χ2n) is 21.5. The van der Waals surface area contributed by atoms with Crippen molar-refractivity contribution in [2.45, 2.75) is 140 Å².